The number of hydrogen-bond donors (Lipinski definition) is 0. The number of aromatic nitrogens is 1. The minimum Gasteiger partial charge on any atom is -0.451 e. The molecule has 3 nitrogen and oxygen atoms in total. The van der Waals surface area contributed by atoms with Gasteiger partial charge in [0.15, 0.2) is 6.39 Å². The molecule has 1 aromatic heterocycles. The van der Waals surface area contributed by atoms with Crippen molar-refractivity contribution in [2.75, 3.05) is 0 Å². The molecule has 54 valence electrons. The second kappa shape index (κ2) is 3.15. The molecule has 3 heteroatoms. The van der Waals surface area contributed by atoms with Crippen molar-refractivity contribution >= 4 is 5.78 Å². The van der Waals surface area contributed by atoms with Crippen LogP contribution in [0.3, 0.4) is 0 Å². The smallest absolute Gasteiger partial charge is 0.180 e. The van der Waals surface area contributed by atoms with E-state index in [4.69, 9.17) is 4.42 Å². The zero-order valence-electron chi connectivity index (χ0n) is 5.83. The molecule has 0 unspecified atom stereocenters. The highest BCUT2D eigenvalue weighted by atomic mass is 16.3. The average molecular weight is 139 g/mol. The maximum absolute atomic E-state index is 10.8. The van der Waals surface area contributed by atoms with E-state index in [-0.39, 0.29) is 5.78 Å². The minimum atomic E-state index is 0.189. The lowest BCUT2D eigenvalue weighted by molar-refractivity contribution is -0.118. The molecule has 0 fully saturated rings. The van der Waals surface area contributed by atoms with Crippen LogP contribution in [0.15, 0.2) is 17.1 Å². The first-order valence-corrected chi connectivity index (χ1v) is 3.21. The molecule has 10 heavy (non-hydrogen) atoms. The molecule has 0 saturated carbocycles. The summed E-state index contributed by atoms with van der Waals surface area (Å²) >= 11 is 0. The number of oxazole rings is 1. The van der Waals surface area contributed by atoms with Gasteiger partial charge in [0.2, 0.25) is 0 Å². The first-order valence-electron chi connectivity index (χ1n) is 3.21. The highest BCUT2D eigenvalue weighted by Gasteiger charge is 2.01. The van der Waals surface area contributed by atoms with E-state index in [1.54, 1.807) is 0 Å². The fourth-order valence-electron chi connectivity index (χ4n) is 0.652. The zero-order valence-corrected chi connectivity index (χ0v) is 5.83. The van der Waals surface area contributed by atoms with Gasteiger partial charge in [-0.2, -0.15) is 0 Å². The molecule has 1 aromatic rings. The van der Waals surface area contributed by atoms with Crippen LogP contribution in [0.25, 0.3) is 0 Å². The lowest BCUT2D eigenvalue weighted by atomic mass is 10.2. The maximum Gasteiger partial charge on any atom is 0.180 e. The lowest BCUT2D eigenvalue weighted by Crippen LogP contribution is -1.99. The lowest BCUT2D eigenvalue weighted by Gasteiger charge is -1.88. The fourth-order valence-corrected chi connectivity index (χ4v) is 0.652. The third kappa shape index (κ3) is 1.69. The molecule has 0 saturated heterocycles. The van der Waals surface area contributed by atoms with Gasteiger partial charge < -0.3 is 4.42 Å². The highest BCUT2D eigenvalue weighted by Crippen LogP contribution is 1.97. The molecule has 1 heterocycles. The standard InChI is InChI=1S/C7H9NO2/c1-2-7(9)3-6-4-10-5-8-6/h4-5H,2-3H2,1H3. The van der Waals surface area contributed by atoms with Crippen molar-refractivity contribution < 1.29 is 9.21 Å². The second-order valence-electron chi connectivity index (χ2n) is 2.05. The quantitative estimate of drug-likeness (QED) is 0.631. The summed E-state index contributed by atoms with van der Waals surface area (Å²) in [7, 11) is 0. The highest BCUT2D eigenvalue weighted by molar-refractivity contribution is 5.79. The predicted octanol–water partition coefficient (Wildman–Crippen LogP) is 1.20. The Morgan fingerprint density at radius 1 is 1.80 bits per heavy atom. The number of Topliss-reactive ketones (excluding diaryl/α,β-unsaturated/α-hetero) is 1. The normalized spacial score (nSPS) is 9.70. The van der Waals surface area contributed by atoms with Gasteiger partial charge in [0.05, 0.1) is 12.1 Å². The van der Waals surface area contributed by atoms with E-state index < -0.39 is 0 Å². The van der Waals surface area contributed by atoms with Gasteiger partial charge in [0, 0.05) is 6.42 Å². The van der Waals surface area contributed by atoms with Crippen molar-refractivity contribution in [3.05, 3.63) is 18.4 Å². The Bertz CT molecular complexity index is 203. The van der Waals surface area contributed by atoms with Gasteiger partial charge in [-0.05, 0) is 0 Å². The summed E-state index contributed by atoms with van der Waals surface area (Å²) in [5.74, 6) is 0.189. The first-order chi connectivity index (χ1) is 4.83. The number of nitrogens with zero attached hydrogens (tertiary/aromatic N) is 1. The molecule has 0 N–H and O–H groups in total. The number of ketones is 1. The second-order valence-corrected chi connectivity index (χ2v) is 2.05. The Balaban J connectivity index is 2.48. The third-order valence-electron chi connectivity index (χ3n) is 1.26. The van der Waals surface area contributed by atoms with E-state index in [9.17, 15) is 4.79 Å². The number of hydrogen-bond acceptors (Lipinski definition) is 3. The first kappa shape index (κ1) is 6.99. The molecule has 0 aliphatic carbocycles. The largest absolute Gasteiger partial charge is 0.451 e. The van der Waals surface area contributed by atoms with Crippen LogP contribution in [0.5, 0.6) is 0 Å². The molecule has 0 radical (unpaired) electrons. The Morgan fingerprint density at radius 3 is 3.10 bits per heavy atom. The molecule has 0 spiro atoms. The zero-order chi connectivity index (χ0) is 7.40. The summed E-state index contributed by atoms with van der Waals surface area (Å²) in [5.41, 5.74) is 0.715. The van der Waals surface area contributed by atoms with E-state index in [2.05, 4.69) is 4.98 Å². The van der Waals surface area contributed by atoms with Gasteiger partial charge in [0.25, 0.3) is 0 Å². The van der Waals surface area contributed by atoms with Crippen LogP contribution in [-0.2, 0) is 11.2 Å². The third-order valence-corrected chi connectivity index (χ3v) is 1.26. The van der Waals surface area contributed by atoms with E-state index >= 15 is 0 Å². The fraction of sp³-hybridized carbons (Fsp3) is 0.429. The van der Waals surface area contributed by atoms with Crippen LogP contribution in [-0.4, -0.2) is 10.8 Å². The van der Waals surface area contributed by atoms with E-state index in [1.807, 2.05) is 6.92 Å². The van der Waals surface area contributed by atoms with Gasteiger partial charge in [-0.1, -0.05) is 6.92 Å². The Morgan fingerprint density at radius 2 is 2.60 bits per heavy atom. The SMILES string of the molecule is CCC(=O)Cc1cocn1. The Labute approximate surface area is 59.1 Å². The molecule has 0 bridgehead atoms. The number of carbonyl (C=O) groups is 1. The van der Waals surface area contributed by atoms with Crippen molar-refractivity contribution in [1.29, 1.82) is 0 Å². The molecule has 0 aromatic carbocycles. The summed E-state index contributed by atoms with van der Waals surface area (Å²) in [6.07, 6.45) is 3.78. The predicted molar refractivity (Wildman–Crippen MR) is 35.5 cm³/mol. The van der Waals surface area contributed by atoms with Gasteiger partial charge in [-0.25, -0.2) is 4.98 Å². The van der Waals surface area contributed by atoms with Crippen molar-refractivity contribution in [3.63, 3.8) is 0 Å². The summed E-state index contributed by atoms with van der Waals surface area (Å²) < 4.78 is 4.70. The van der Waals surface area contributed by atoms with E-state index in [1.165, 1.54) is 12.7 Å². The van der Waals surface area contributed by atoms with Crippen LogP contribution >= 0.6 is 0 Å². The van der Waals surface area contributed by atoms with Gasteiger partial charge in [-0.15, -0.1) is 0 Å². The molecular formula is C7H9NO2. The monoisotopic (exact) mass is 139 g/mol. The van der Waals surface area contributed by atoms with Gasteiger partial charge >= 0.3 is 0 Å². The summed E-state index contributed by atoms with van der Waals surface area (Å²) in [4.78, 5) is 14.6. The van der Waals surface area contributed by atoms with Crippen molar-refractivity contribution in [1.82, 2.24) is 4.98 Å². The minimum absolute atomic E-state index is 0.189. The maximum atomic E-state index is 10.8. The van der Waals surface area contributed by atoms with E-state index in [0.717, 1.165) is 0 Å². The Kier molecular flexibility index (Phi) is 2.20. The van der Waals surface area contributed by atoms with Crippen molar-refractivity contribution in [3.8, 4) is 0 Å². The molecule has 0 atom stereocenters. The van der Waals surface area contributed by atoms with Crippen LogP contribution in [0.4, 0.5) is 0 Å². The topological polar surface area (TPSA) is 43.1 Å². The van der Waals surface area contributed by atoms with E-state index in [0.29, 0.717) is 18.5 Å². The average Bonchev–Trinajstić information content (AvgIpc) is 2.40. The Hall–Kier alpha value is -1.12. The number of carbonyl (C=O) groups excluding carboxylic acids is 1. The summed E-state index contributed by atoms with van der Waals surface area (Å²) in [6.45, 7) is 1.84. The van der Waals surface area contributed by atoms with Crippen LogP contribution in [0.1, 0.15) is 19.0 Å². The molecule has 0 aliphatic rings. The van der Waals surface area contributed by atoms with Crippen molar-refractivity contribution in [2.45, 2.75) is 19.8 Å². The van der Waals surface area contributed by atoms with Crippen molar-refractivity contribution in [2.24, 2.45) is 0 Å². The molecule has 0 amide bonds. The van der Waals surface area contributed by atoms with Gasteiger partial charge in [0.1, 0.15) is 12.0 Å². The van der Waals surface area contributed by atoms with Crippen LogP contribution in [0, 0.1) is 0 Å². The van der Waals surface area contributed by atoms with Gasteiger partial charge in [-0.3, -0.25) is 4.79 Å². The molecule has 1 rings (SSSR count). The molecule has 0 aliphatic heterocycles. The number of rotatable bonds is 3. The summed E-state index contributed by atoms with van der Waals surface area (Å²) in [5, 5.41) is 0. The molecular weight excluding hydrogens is 130 g/mol. The van der Waals surface area contributed by atoms with Crippen LogP contribution in [0.2, 0.25) is 0 Å². The van der Waals surface area contributed by atoms with Crippen LogP contribution < -0.4 is 0 Å². The summed E-state index contributed by atoms with van der Waals surface area (Å²) in [6, 6.07) is 0.